The highest BCUT2D eigenvalue weighted by Gasteiger charge is 2.11. The average Bonchev–Trinajstić information content (AvgIpc) is 2.31. The maximum Gasteiger partial charge on any atom is 0.182 e. The molecule has 0 saturated heterocycles. The van der Waals surface area contributed by atoms with E-state index in [9.17, 15) is 4.39 Å². The first-order valence-electron chi connectivity index (χ1n) is 4.58. The van der Waals surface area contributed by atoms with Crippen molar-refractivity contribution in [3.63, 3.8) is 0 Å². The van der Waals surface area contributed by atoms with Crippen molar-refractivity contribution >= 4 is 15.9 Å². The van der Waals surface area contributed by atoms with Crippen LogP contribution < -0.4 is 4.74 Å². The second-order valence-corrected chi connectivity index (χ2v) is 3.92. The molecule has 0 heterocycles. The molecule has 0 atom stereocenters. The predicted molar refractivity (Wildman–Crippen MR) is 62.3 cm³/mol. The van der Waals surface area contributed by atoms with E-state index in [0.717, 1.165) is 0 Å². The van der Waals surface area contributed by atoms with Crippen LogP contribution in [0.1, 0.15) is 0 Å². The number of ether oxygens (including phenoxy) is 1. The predicted octanol–water partition coefficient (Wildman–Crippen LogP) is 4.09. The van der Waals surface area contributed by atoms with E-state index < -0.39 is 11.6 Å². The molecular formula is C12H8BrFO2. The number of rotatable bonds is 2. The molecule has 2 aromatic carbocycles. The Labute approximate surface area is 100 Å². The zero-order valence-electron chi connectivity index (χ0n) is 8.15. The number of hydrogen-bond acceptors (Lipinski definition) is 2. The minimum Gasteiger partial charge on any atom is -0.505 e. The Morgan fingerprint density at radius 2 is 1.75 bits per heavy atom. The first-order chi connectivity index (χ1) is 7.68. The number of para-hydroxylation sites is 1. The lowest BCUT2D eigenvalue weighted by Crippen LogP contribution is -1.88. The number of benzene rings is 2. The Morgan fingerprint density at radius 1 is 1.06 bits per heavy atom. The number of phenols is 1. The van der Waals surface area contributed by atoms with Crippen LogP contribution in [0.25, 0.3) is 0 Å². The molecule has 0 saturated carbocycles. The van der Waals surface area contributed by atoms with Crippen molar-refractivity contribution < 1.29 is 14.2 Å². The maximum absolute atomic E-state index is 13.3. The van der Waals surface area contributed by atoms with Crippen LogP contribution in [0.2, 0.25) is 0 Å². The van der Waals surface area contributed by atoms with Crippen molar-refractivity contribution in [1.29, 1.82) is 0 Å². The molecule has 0 aromatic heterocycles. The lowest BCUT2D eigenvalue weighted by atomic mass is 10.3. The number of hydrogen-bond donors (Lipinski definition) is 1. The molecule has 0 bridgehead atoms. The van der Waals surface area contributed by atoms with Crippen LogP contribution in [0.4, 0.5) is 4.39 Å². The van der Waals surface area contributed by atoms with E-state index in [-0.39, 0.29) is 4.47 Å². The van der Waals surface area contributed by atoms with E-state index in [0.29, 0.717) is 11.5 Å². The molecule has 4 heteroatoms. The van der Waals surface area contributed by atoms with Gasteiger partial charge in [-0.1, -0.05) is 18.2 Å². The van der Waals surface area contributed by atoms with Gasteiger partial charge in [-0.3, -0.25) is 0 Å². The van der Waals surface area contributed by atoms with Gasteiger partial charge < -0.3 is 9.84 Å². The van der Waals surface area contributed by atoms with E-state index in [1.807, 2.05) is 18.2 Å². The van der Waals surface area contributed by atoms with Gasteiger partial charge in [-0.2, -0.15) is 0 Å². The molecule has 2 aromatic rings. The Balaban J connectivity index is 2.33. The Bertz CT molecular complexity index is 500. The van der Waals surface area contributed by atoms with E-state index in [2.05, 4.69) is 15.9 Å². The van der Waals surface area contributed by atoms with Gasteiger partial charge in [0, 0.05) is 0 Å². The summed E-state index contributed by atoms with van der Waals surface area (Å²) in [4.78, 5) is 0. The van der Waals surface area contributed by atoms with Crippen LogP contribution in [0.3, 0.4) is 0 Å². The third kappa shape index (κ3) is 2.17. The van der Waals surface area contributed by atoms with Gasteiger partial charge in [0.05, 0.1) is 4.47 Å². The van der Waals surface area contributed by atoms with Gasteiger partial charge in [0.15, 0.2) is 11.6 Å². The van der Waals surface area contributed by atoms with Crippen molar-refractivity contribution in [3.8, 4) is 17.2 Å². The van der Waals surface area contributed by atoms with E-state index in [1.54, 1.807) is 12.1 Å². The van der Waals surface area contributed by atoms with Crippen molar-refractivity contribution in [2.24, 2.45) is 0 Å². The largest absolute Gasteiger partial charge is 0.505 e. The standard InChI is InChI=1S/C12H8BrFO2/c13-11-10(7-6-9(15)12(11)14)16-8-4-2-1-3-5-8/h1-7,15H. The molecule has 0 aliphatic carbocycles. The lowest BCUT2D eigenvalue weighted by Gasteiger charge is -2.08. The molecule has 82 valence electrons. The minimum atomic E-state index is -0.728. The van der Waals surface area contributed by atoms with Crippen molar-refractivity contribution in [1.82, 2.24) is 0 Å². The Kier molecular flexibility index (Phi) is 3.10. The van der Waals surface area contributed by atoms with Crippen molar-refractivity contribution in [3.05, 3.63) is 52.8 Å². The second kappa shape index (κ2) is 4.53. The fourth-order valence-corrected chi connectivity index (χ4v) is 1.63. The van der Waals surface area contributed by atoms with Crippen molar-refractivity contribution in [2.45, 2.75) is 0 Å². The highest BCUT2D eigenvalue weighted by atomic mass is 79.9. The fraction of sp³-hybridized carbons (Fsp3) is 0. The molecular weight excluding hydrogens is 275 g/mol. The highest BCUT2D eigenvalue weighted by molar-refractivity contribution is 9.10. The first kappa shape index (κ1) is 11.0. The molecule has 2 rings (SSSR count). The SMILES string of the molecule is Oc1ccc(Oc2ccccc2)c(Br)c1F. The molecule has 16 heavy (non-hydrogen) atoms. The molecule has 0 unspecified atom stereocenters. The van der Waals surface area contributed by atoms with E-state index in [4.69, 9.17) is 9.84 Å². The fourth-order valence-electron chi connectivity index (χ4n) is 1.22. The average molecular weight is 283 g/mol. The quantitative estimate of drug-likeness (QED) is 0.899. The van der Waals surface area contributed by atoms with Crippen LogP contribution in [0, 0.1) is 5.82 Å². The third-order valence-electron chi connectivity index (χ3n) is 2.00. The summed E-state index contributed by atoms with van der Waals surface area (Å²) in [6.07, 6.45) is 0. The summed E-state index contributed by atoms with van der Waals surface area (Å²) in [7, 11) is 0. The summed E-state index contributed by atoms with van der Waals surface area (Å²) in [5.74, 6) is -0.212. The number of halogens is 2. The minimum absolute atomic E-state index is 0.108. The molecule has 0 amide bonds. The Hall–Kier alpha value is -1.55. The summed E-state index contributed by atoms with van der Waals surface area (Å²) >= 11 is 3.03. The van der Waals surface area contributed by atoms with Crippen LogP contribution in [0.5, 0.6) is 17.2 Å². The van der Waals surface area contributed by atoms with Gasteiger partial charge in [0.25, 0.3) is 0 Å². The summed E-state index contributed by atoms with van der Waals surface area (Å²) < 4.78 is 18.9. The van der Waals surface area contributed by atoms with Gasteiger partial charge in [0.1, 0.15) is 11.5 Å². The summed E-state index contributed by atoms with van der Waals surface area (Å²) in [5, 5.41) is 9.13. The molecule has 1 N–H and O–H groups in total. The monoisotopic (exact) mass is 282 g/mol. The normalized spacial score (nSPS) is 10.1. The van der Waals surface area contributed by atoms with Gasteiger partial charge in [-0.25, -0.2) is 4.39 Å². The Morgan fingerprint density at radius 3 is 2.44 bits per heavy atom. The molecule has 0 spiro atoms. The summed E-state index contributed by atoms with van der Waals surface area (Å²) in [6, 6.07) is 11.8. The molecule has 2 nitrogen and oxygen atoms in total. The van der Waals surface area contributed by atoms with Crippen LogP contribution in [-0.2, 0) is 0 Å². The molecule has 0 fully saturated rings. The molecule has 0 aliphatic heterocycles. The lowest BCUT2D eigenvalue weighted by molar-refractivity contribution is 0.420. The highest BCUT2D eigenvalue weighted by Crippen LogP contribution is 2.35. The third-order valence-corrected chi connectivity index (χ3v) is 2.74. The summed E-state index contributed by atoms with van der Waals surface area (Å²) in [6.45, 7) is 0. The van der Waals surface area contributed by atoms with E-state index >= 15 is 0 Å². The molecule has 0 aliphatic rings. The zero-order valence-corrected chi connectivity index (χ0v) is 9.74. The van der Waals surface area contributed by atoms with Crippen molar-refractivity contribution in [2.75, 3.05) is 0 Å². The first-order valence-corrected chi connectivity index (χ1v) is 5.37. The smallest absolute Gasteiger partial charge is 0.182 e. The molecule has 0 radical (unpaired) electrons. The number of aromatic hydroxyl groups is 1. The number of phenolic OH excluding ortho intramolecular Hbond substituents is 1. The summed E-state index contributed by atoms with van der Waals surface area (Å²) in [5.41, 5.74) is 0. The maximum atomic E-state index is 13.3. The van der Waals surface area contributed by atoms with Gasteiger partial charge in [-0.05, 0) is 40.2 Å². The second-order valence-electron chi connectivity index (χ2n) is 3.13. The van der Waals surface area contributed by atoms with Gasteiger partial charge in [-0.15, -0.1) is 0 Å². The van der Waals surface area contributed by atoms with Crippen LogP contribution in [-0.4, -0.2) is 5.11 Å². The van der Waals surface area contributed by atoms with Crippen LogP contribution >= 0.6 is 15.9 Å². The zero-order chi connectivity index (χ0) is 11.5. The van der Waals surface area contributed by atoms with Crippen LogP contribution in [0.15, 0.2) is 46.9 Å². The van der Waals surface area contributed by atoms with Gasteiger partial charge >= 0.3 is 0 Å². The van der Waals surface area contributed by atoms with E-state index in [1.165, 1.54) is 12.1 Å². The van der Waals surface area contributed by atoms with Gasteiger partial charge in [0.2, 0.25) is 0 Å². The topological polar surface area (TPSA) is 29.5 Å².